The van der Waals surface area contributed by atoms with Gasteiger partial charge in [-0.05, 0) is 89.3 Å². The number of nitrogens with zero attached hydrogens (tertiary/aromatic N) is 2. The van der Waals surface area contributed by atoms with Crippen LogP contribution in [0.3, 0.4) is 0 Å². The van der Waals surface area contributed by atoms with Crippen LogP contribution >= 0.6 is 15.9 Å². The van der Waals surface area contributed by atoms with Crippen LogP contribution in [0.25, 0.3) is 0 Å². The van der Waals surface area contributed by atoms with Gasteiger partial charge < -0.3 is 9.64 Å². The number of sulfonamides is 1. The topological polar surface area (TPSA) is 49.9 Å². The summed E-state index contributed by atoms with van der Waals surface area (Å²) in [4.78, 5) is 2.81. The summed E-state index contributed by atoms with van der Waals surface area (Å²) >= 11 is 3.36. The number of benzene rings is 1. The van der Waals surface area contributed by atoms with Crippen molar-refractivity contribution in [2.24, 2.45) is 0 Å². The van der Waals surface area contributed by atoms with Gasteiger partial charge in [0.2, 0.25) is 10.0 Å². The van der Waals surface area contributed by atoms with E-state index in [1.54, 1.807) is 35.6 Å². The van der Waals surface area contributed by atoms with Crippen molar-refractivity contribution in [3.8, 4) is 0 Å². The van der Waals surface area contributed by atoms with Gasteiger partial charge in [0.25, 0.3) is 0 Å². The second-order valence-corrected chi connectivity index (χ2v) is 12.1. The standard InChI is InChI=1S/C25H43BrN2O3S/c1-4-5-8-19-27(2)20-9-6-7-10-21-31-24-15-13-23(14-16-24)28(3)32(29,30)25-17-11-22(26)12-18-25/h11-12,17-18,23-24H,4-10,13-16,19-21H2,1-3H3. The molecule has 0 saturated heterocycles. The molecule has 32 heavy (non-hydrogen) atoms. The van der Waals surface area contributed by atoms with Crippen LogP contribution in [0.4, 0.5) is 0 Å². The highest BCUT2D eigenvalue weighted by molar-refractivity contribution is 9.10. The minimum Gasteiger partial charge on any atom is -0.378 e. The maximum absolute atomic E-state index is 12.9. The Bertz CT molecular complexity index is 734. The average Bonchev–Trinajstić information content (AvgIpc) is 2.79. The van der Waals surface area contributed by atoms with E-state index in [1.165, 1.54) is 51.6 Å². The summed E-state index contributed by atoms with van der Waals surface area (Å²) < 4.78 is 34.4. The molecule has 1 aromatic carbocycles. The Hall–Kier alpha value is -0.470. The molecule has 1 aliphatic carbocycles. The number of halogens is 1. The van der Waals surface area contributed by atoms with Gasteiger partial charge in [0.1, 0.15) is 0 Å². The molecule has 184 valence electrons. The Morgan fingerprint density at radius 1 is 0.906 bits per heavy atom. The van der Waals surface area contributed by atoms with Crippen molar-refractivity contribution in [1.82, 2.24) is 9.21 Å². The Morgan fingerprint density at radius 3 is 2.12 bits per heavy atom. The van der Waals surface area contributed by atoms with Gasteiger partial charge in [0.15, 0.2) is 0 Å². The first-order chi connectivity index (χ1) is 15.3. The molecular formula is C25H43BrN2O3S. The third-order valence-corrected chi connectivity index (χ3v) is 9.03. The van der Waals surface area contributed by atoms with Crippen molar-refractivity contribution in [3.63, 3.8) is 0 Å². The second kappa shape index (κ2) is 14.7. The van der Waals surface area contributed by atoms with E-state index in [2.05, 4.69) is 34.8 Å². The zero-order chi connectivity index (χ0) is 23.4. The highest BCUT2D eigenvalue weighted by atomic mass is 79.9. The number of hydrogen-bond acceptors (Lipinski definition) is 4. The molecule has 2 rings (SSSR count). The SMILES string of the molecule is CCCCCN(C)CCCCCCOC1CCC(N(C)S(=O)(=O)c2ccc(Br)cc2)CC1. The van der Waals surface area contributed by atoms with E-state index in [1.807, 2.05) is 0 Å². The van der Waals surface area contributed by atoms with Crippen LogP contribution in [-0.2, 0) is 14.8 Å². The molecule has 0 N–H and O–H groups in total. The van der Waals surface area contributed by atoms with E-state index in [9.17, 15) is 8.42 Å². The second-order valence-electron chi connectivity index (χ2n) is 9.20. The molecule has 0 bridgehead atoms. The van der Waals surface area contributed by atoms with Crippen LogP contribution in [-0.4, -0.2) is 63.6 Å². The molecule has 1 aromatic rings. The van der Waals surface area contributed by atoms with E-state index < -0.39 is 10.0 Å². The first-order valence-electron chi connectivity index (χ1n) is 12.4. The monoisotopic (exact) mass is 530 g/mol. The van der Waals surface area contributed by atoms with Crippen LogP contribution in [0.2, 0.25) is 0 Å². The zero-order valence-electron chi connectivity index (χ0n) is 20.3. The predicted octanol–water partition coefficient (Wildman–Crippen LogP) is 6.08. The van der Waals surface area contributed by atoms with Gasteiger partial charge >= 0.3 is 0 Å². The molecule has 5 nitrogen and oxygen atoms in total. The quantitative estimate of drug-likeness (QED) is 0.258. The molecule has 0 unspecified atom stereocenters. The summed E-state index contributed by atoms with van der Waals surface area (Å²) in [6.45, 7) is 5.50. The highest BCUT2D eigenvalue weighted by Gasteiger charge is 2.31. The van der Waals surface area contributed by atoms with Crippen molar-refractivity contribution in [2.75, 3.05) is 33.8 Å². The minimum absolute atomic E-state index is 0.0535. The van der Waals surface area contributed by atoms with Crippen molar-refractivity contribution in [2.45, 2.75) is 94.6 Å². The van der Waals surface area contributed by atoms with Crippen LogP contribution in [0, 0.1) is 0 Å². The van der Waals surface area contributed by atoms with Gasteiger partial charge in [0, 0.05) is 24.2 Å². The number of unbranched alkanes of at least 4 members (excludes halogenated alkanes) is 5. The molecule has 0 amide bonds. The summed E-state index contributed by atoms with van der Waals surface area (Å²) in [6.07, 6.45) is 12.7. The number of rotatable bonds is 15. The lowest BCUT2D eigenvalue weighted by Gasteiger charge is -2.34. The molecule has 0 heterocycles. The molecule has 0 aromatic heterocycles. The van der Waals surface area contributed by atoms with E-state index >= 15 is 0 Å². The molecule has 0 atom stereocenters. The molecule has 7 heteroatoms. The fourth-order valence-corrected chi connectivity index (χ4v) is 6.06. The molecule has 0 radical (unpaired) electrons. The van der Waals surface area contributed by atoms with E-state index in [0.29, 0.717) is 4.90 Å². The first kappa shape index (κ1) is 27.8. The lowest BCUT2D eigenvalue weighted by molar-refractivity contribution is 0.0156. The summed E-state index contributed by atoms with van der Waals surface area (Å²) in [5, 5.41) is 0. The van der Waals surface area contributed by atoms with Crippen molar-refractivity contribution < 1.29 is 13.2 Å². The Kier molecular flexibility index (Phi) is 12.8. The van der Waals surface area contributed by atoms with Gasteiger partial charge in [-0.25, -0.2) is 8.42 Å². The maximum atomic E-state index is 12.9. The summed E-state index contributed by atoms with van der Waals surface area (Å²) in [6, 6.07) is 6.93. The van der Waals surface area contributed by atoms with Crippen LogP contribution in [0.15, 0.2) is 33.6 Å². The number of hydrogen-bond donors (Lipinski definition) is 0. The molecule has 1 fully saturated rings. The van der Waals surface area contributed by atoms with E-state index in [4.69, 9.17) is 4.74 Å². The van der Waals surface area contributed by atoms with Gasteiger partial charge in [-0.2, -0.15) is 4.31 Å². The zero-order valence-corrected chi connectivity index (χ0v) is 22.7. The van der Waals surface area contributed by atoms with Gasteiger partial charge in [-0.15, -0.1) is 0 Å². The van der Waals surface area contributed by atoms with E-state index in [0.717, 1.165) is 43.2 Å². The highest BCUT2D eigenvalue weighted by Crippen LogP contribution is 2.28. The largest absolute Gasteiger partial charge is 0.378 e. The fraction of sp³-hybridized carbons (Fsp3) is 0.760. The third kappa shape index (κ3) is 9.41. The molecule has 0 spiro atoms. The maximum Gasteiger partial charge on any atom is 0.243 e. The van der Waals surface area contributed by atoms with Crippen molar-refractivity contribution in [1.29, 1.82) is 0 Å². The Morgan fingerprint density at radius 2 is 1.50 bits per heavy atom. The number of ether oxygens (including phenoxy) is 1. The fourth-order valence-electron chi connectivity index (χ4n) is 4.38. The smallest absolute Gasteiger partial charge is 0.243 e. The Balaban J connectivity index is 1.58. The molecule has 1 saturated carbocycles. The third-order valence-electron chi connectivity index (χ3n) is 6.58. The summed E-state index contributed by atoms with van der Waals surface area (Å²) in [7, 11) is 0.498. The predicted molar refractivity (Wildman–Crippen MR) is 137 cm³/mol. The van der Waals surface area contributed by atoms with Crippen LogP contribution in [0.5, 0.6) is 0 Å². The summed E-state index contributed by atoms with van der Waals surface area (Å²) in [5.74, 6) is 0. The molecular weight excluding hydrogens is 488 g/mol. The van der Waals surface area contributed by atoms with Gasteiger partial charge in [0.05, 0.1) is 11.0 Å². The van der Waals surface area contributed by atoms with Crippen LogP contribution < -0.4 is 0 Å². The lowest BCUT2D eigenvalue weighted by atomic mass is 9.93. The van der Waals surface area contributed by atoms with Gasteiger partial charge in [-0.3, -0.25) is 0 Å². The normalized spacial score (nSPS) is 19.7. The first-order valence-corrected chi connectivity index (χ1v) is 14.6. The van der Waals surface area contributed by atoms with Crippen molar-refractivity contribution in [3.05, 3.63) is 28.7 Å². The van der Waals surface area contributed by atoms with Crippen molar-refractivity contribution >= 4 is 26.0 Å². The molecule has 0 aliphatic heterocycles. The van der Waals surface area contributed by atoms with Crippen LogP contribution in [0.1, 0.15) is 77.6 Å². The molecule has 1 aliphatic rings. The Labute approximate surface area is 205 Å². The summed E-state index contributed by atoms with van der Waals surface area (Å²) in [5.41, 5.74) is 0. The lowest BCUT2D eigenvalue weighted by Crippen LogP contribution is -2.40. The minimum atomic E-state index is -3.45. The van der Waals surface area contributed by atoms with Gasteiger partial charge in [-0.1, -0.05) is 48.5 Å². The van der Waals surface area contributed by atoms with E-state index in [-0.39, 0.29) is 12.1 Å². The average molecular weight is 532 g/mol.